The van der Waals surface area contributed by atoms with Crippen molar-refractivity contribution in [2.45, 2.75) is 20.8 Å². The third kappa shape index (κ3) is 13.0. The lowest BCUT2D eigenvalue weighted by molar-refractivity contribution is 1.21. The van der Waals surface area contributed by atoms with Gasteiger partial charge in [0, 0.05) is 114 Å². The Kier molecular flexibility index (Phi) is 18.4. The van der Waals surface area contributed by atoms with E-state index in [1.165, 1.54) is 145 Å². The highest BCUT2D eigenvalue weighted by molar-refractivity contribution is 7.27. The van der Waals surface area contributed by atoms with Crippen molar-refractivity contribution in [3.05, 3.63) is 435 Å². The molecule has 0 radical (unpaired) electrons. The van der Waals surface area contributed by atoms with E-state index >= 15 is 0 Å². The molecule has 2 heterocycles. The van der Waals surface area contributed by atoms with E-state index in [0.29, 0.717) is 0 Å². The number of hydrogen-bond acceptors (Lipinski definition) is 6. The first-order valence-electron chi connectivity index (χ1n) is 39.4. The Morgan fingerprint density at radius 2 is 0.496 bits per heavy atom. The van der Waals surface area contributed by atoms with Gasteiger partial charge in [-0.05, 0) is 232 Å². The van der Waals surface area contributed by atoms with Crippen LogP contribution in [-0.2, 0) is 0 Å². The molecule has 0 bridgehead atoms. The van der Waals surface area contributed by atoms with Gasteiger partial charge >= 0.3 is 0 Å². The number of anilines is 12. The molecule has 2 aromatic heterocycles. The molecule has 6 heteroatoms. The summed E-state index contributed by atoms with van der Waals surface area (Å²) in [6, 6.07) is 152. The quantitative estimate of drug-likeness (QED) is 0.0949. The van der Waals surface area contributed by atoms with Gasteiger partial charge < -0.3 is 19.6 Å². The molecule has 21 aromatic rings. The van der Waals surface area contributed by atoms with Crippen molar-refractivity contribution in [1.82, 2.24) is 0 Å². The van der Waals surface area contributed by atoms with Crippen LogP contribution in [0.4, 0.5) is 68.2 Å². The first kappa shape index (κ1) is 70.0. The molecule has 0 saturated heterocycles. The molecule has 0 aliphatic rings. The highest BCUT2D eigenvalue weighted by atomic mass is 32.1. The SMILES string of the molecule is Cc1cc(C)c(N(c2ccccc2)c2ccc3c(c2)sc2c4ccc(-c5ccc(N(c6ccccc6)c6ccccc6)cc5)cc4c4ccccc4c32)c(C)c1.c1ccc(-c2ccccc2N(c2ccccc2)c2ccc3c(c2)sc2c4ccc(-c5ccc(N(c6ccccc6)c6ccccc6)cc5)cc4c4ccccc4c32)cc1. The van der Waals surface area contributed by atoms with Gasteiger partial charge in [-0.3, -0.25) is 0 Å². The van der Waals surface area contributed by atoms with E-state index in [1.807, 2.05) is 22.7 Å². The first-order chi connectivity index (χ1) is 56.8. The largest absolute Gasteiger partial charge is 0.311 e. The van der Waals surface area contributed by atoms with Crippen molar-refractivity contribution < 1.29 is 0 Å². The second-order valence-electron chi connectivity index (χ2n) is 29.7. The van der Waals surface area contributed by atoms with E-state index in [4.69, 9.17) is 0 Å². The zero-order valence-electron chi connectivity index (χ0n) is 63.9. The number of thiophene rings is 2. The molecular weight excluding hydrogens is 1430 g/mol. The molecule has 19 aromatic carbocycles. The average Bonchev–Trinajstić information content (AvgIpc) is 1.60. The number of hydrogen-bond donors (Lipinski definition) is 0. The lowest BCUT2D eigenvalue weighted by Crippen LogP contribution is -2.13. The monoisotopic (exact) mass is 1510 g/mol. The Hall–Kier alpha value is -14.1. The molecular formula is C109H78N4S2. The summed E-state index contributed by atoms with van der Waals surface area (Å²) in [6.07, 6.45) is 0. The van der Waals surface area contributed by atoms with Gasteiger partial charge in [0.05, 0.1) is 11.4 Å². The number of fused-ring (bicyclic) bond motifs is 16. The average molecular weight is 1510 g/mol. The fourth-order valence-electron chi connectivity index (χ4n) is 17.4. The highest BCUT2D eigenvalue weighted by Crippen LogP contribution is 2.51. The van der Waals surface area contributed by atoms with E-state index in [0.717, 1.165) is 56.9 Å². The fourth-order valence-corrected chi connectivity index (χ4v) is 20.0. The molecule has 0 saturated carbocycles. The number of nitrogens with zero attached hydrogens (tertiary/aromatic N) is 4. The Labute approximate surface area is 678 Å². The summed E-state index contributed by atoms with van der Waals surface area (Å²) < 4.78 is 5.22. The third-order valence-corrected chi connectivity index (χ3v) is 24.8. The maximum Gasteiger partial charge on any atom is 0.0540 e. The lowest BCUT2D eigenvalue weighted by Gasteiger charge is -2.29. The van der Waals surface area contributed by atoms with Gasteiger partial charge in [-0.25, -0.2) is 0 Å². The van der Waals surface area contributed by atoms with Crippen LogP contribution in [0.5, 0.6) is 0 Å². The van der Waals surface area contributed by atoms with E-state index in [2.05, 4.69) is 459 Å². The molecule has 0 aliphatic heterocycles. The summed E-state index contributed by atoms with van der Waals surface area (Å²) in [5, 5.41) is 15.6. The summed E-state index contributed by atoms with van der Waals surface area (Å²) in [6.45, 7) is 6.64. The Morgan fingerprint density at radius 3 is 0.904 bits per heavy atom. The summed E-state index contributed by atoms with van der Waals surface area (Å²) in [4.78, 5) is 9.45. The topological polar surface area (TPSA) is 13.0 Å². The van der Waals surface area contributed by atoms with Gasteiger partial charge in [0.25, 0.3) is 0 Å². The third-order valence-electron chi connectivity index (χ3n) is 22.5. The second-order valence-corrected chi connectivity index (χ2v) is 31.8. The van der Waals surface area contributed by atoms with Crippen molar-refractivity contribution in [2.75, 3.05) is 19.6 Å². The number of para-hydroxylation sites is 7. The van der Waals surface area contributed by atoms with Crippen LogP contribution in [0.2, 0.25) is 0 Å². The molecule has 0 N–H and O–H groups in total. The fraction of sp³-hybridized carbons (Fsp3) is 0.0275. The van der Waals surface area contributed by atoms with E-state index < -0.39 is 0 Å². The molecule has 0 fully saturated rings. The molecule has 115 heavy (non-hydrogen) atoms. The molecule has 546 valence electrons. The predicted octanol–water partition coefficient (Wildman–Crippen LogP) is 32.5. The van der Waals surface area contributed by atoms with Gasteiger partial charge in [-0.2, -0.15) is 0 Å². The van der Waals surface area contributed by atoms with Crippen LogP contribution in [0.15, 0.2) is 419 Å². The minimum atomic E-state index is 1.12. The van der Waals surface area contributed by atoms with Gasteiger partial charge in [0.1, 0.15) is 0 Å². The van der Waals surface area contributed by atoms with Crippen LogP contribution in [0, 0.1) is 20.8 Å². The number of rotatable bonds is 15. The normalized spacial score (nSPS) is 11.4. The second kappa shape index (κ2) is 30.2. The summed E-state index contributed by atoms with van der Waals surface area (Å²) in [5.74, 6) is 0. The summed E-state index contributed by atoms with van der Waals surface area (Å²) >= 11 is 3.81. The molecule has 0 amide bonds. The molecule has 0 atom stereocenters. The van der Waals surface area contributed by atoms with E-state index in [-0.39, 0.29) is 0 Å². The van der Waals surface area contributed by atoms with Crippen molar-refractivity contribution >= 4 is 174 Å². The lowest BCUT2D eigenvalue weighted by atomic mass is 9.94. The Morgan fingerprint density at radius 1 is 0.191 bits per heavy atom. The zero-order chi connectivity index (χ0) is 76.9. The van der Waals surface area contributed by atoms with Crippen LogP contribution >= 0.6 is 22.7 Å². The van der Waals surface area contributed by atoms with Crippen molar-refractivity contribution in [3.63, 3.8) is 0 Å². The Bertz CT molecular complexity index is 7050. The van der Waals surface area contributed by atoms with Gasteiger partial charge in [-0.15, -0.1) is 22.7 Å². The van der Waals surface area contributed by atoms with E-state index in [1.54, 1.807) is 0 Å². The van der Waals surface area contributed by atoms with Crippen LogP contribution in [0.25, 0.3) is 117 Å². The minimum absolute atomic E-state index is 1.12. The van der Waals surface area contributed by atoms with Crippen LogP contribution < -0.4 is 19.6 Å². The molecule has 21 rings (SSSR count). The molecule has 0 aliphatic carbocycles. The number of aryl methyl sites for hydroxylation is 3. The van der Waals surface area contributed by atoms with Gasteiger partial charge in [0.2, 0.25) is 0 Å². The maximum atomic E-state index is 2.43. The summed E-state index contributed by atoms with van der Waals surface area (Å²) in [7, 11) is 0. The van der Waals surface area contributed by atoms with Gasteiger partial charge in [0.15, 0.2) is 0 Å². The highest BCUT2D eigenvalue weighted by Gasteiger charge is 2.25. The zero-order valence-corrected chi connectivity index (χ0v) is 65.6. The van der Waals surface area contributed by atoms with Crippen LogP contribution in [-0.4, -0.2) is 0 Å². The van der Waals surface area contributed by atoms with Crippen LogP contribution in [0.1, 0.15) is 16.7 Å². The first-order valence-corrected chi connectivity index (χ1v) is 41.0. The molecule has 0 spiro atoms. The predicted molar refractivity (Wildman–Crippen MR) is 498 cm³/mol. The molecule has 0 unspecified atom stereocenters. The van der Waals surface area contributed by atoms with Crippen molar-refractivity contribution in [2.24, 2.45) is 0 Å². The van der Waals surface area contributed by atoms with Gasteiger partial charge in [-0.1, -0.05) is 285 Å². The van der Waals surface area contributed by atoms with Crippen molar-refractivity contribution in [1.29, 1.82) is 0 Å². The minimum Gasteiger partial charge on any atom is -0.311 e. The van der Waals surface area contributed by atoms with Crippen LogP contribution in [0.3, 0.4) is 0 Å². The standard InChI is InChI=1S/C56H38N2S.C53H40N2S/c1-5-17-40(18-6-1)47-25-15-16-28-53(47)58(44-23-11-4-12-24-44)46-34-36-51-54(38-46)59-56-50-35-31-41(37-52(50)48-26-13-14-27-49(48)55(51)56)39-29-32-45(33-30-39)57(42-19-7-2-8-20-42)43-21-9-3-10-22-43;1-35-31-36(2)52(37(3)32-35)55(42-19-11-6-12-20-42)44-28-30-48-50(34-44)56-53-47-29-25-39(33-49(47)45-21-13-14-22-46(45)51(48)53)38-23-26-43(27-24-38)54(40-15-7-4-8-16-40)41-17-9-5-10-18-41/h1-38H;4-34H,1-3H3. The Balaban J connectivity index is 0.000000149. The number of benzene rings is 19. The smallest absolute Gasteiger partial charge is 0.0540 e. The molecule has 4 nitrogen and oxygen atoms in total. The summed E-state index contributed by atoms with van der Waals surface area (Å²) in [5.41, 5.74) is 24.8. The van der Waals surface area contributed by atoms with Crippen molar-refractivity contribution in [3.8, 4) is 33.4 Å². The maximum absolute atomic E-state index is 2.43. The van der Waals surface area contributed by atoms with E-state index in [9.17, 15) is 0 Å².